The zero-order valence-corrected chi connectivity index (χ0v) is 12.4. The maximum absolute atomic E-state index is 12.9. The van der Waals surface area contributed by atoms with Crippen LogP contribution in [0.5, 0.6) is 5.75 Å². The zero-order valence-electron chi connectivity index (χ0n) is 11.6. The number of ether oxygens (including phenoxy) is 1. The van der Waals surface area contributed by atoms with Gasteiger partial charge in [0.15, 0.2) is 0 Å². The van der Waals surface area contributed by atoms with E-state index in [2.05, 4.69) is 6.07 Å². The van der Waals surface area contributed by atoms with Crippen LogP contribution < -0.4 is 4.74 Å². The van der Waals surface area contributed by atoms with Crippen LogP contribution in [0.1, 0.15) is 23.5 Å². The maximum Gasteiger partial charge on any atom is 0.123 e. The summed E-state index contributed by atoms with van der Waals surface area (Å²) in [5.74, 6) is 0.150. The van der Waals surface area contributed by atoms with E-state index in [0.717, 1.165) is 16.9 Å². The first-order chi connectivity index (χ1) is 10.1. The molecule has 0 saturated heterocycles. The van der Waals surface area contributed by atoms with Gasteiger partial charge in [0.05, 0.1) is 18.6 Å². The van der Waals surface area contributed by atoms with Gasteiger partial charge in [-0.1, -0.05) is 23.7 Å². The van der Waals surface area contributed by atoms with Gasteiger partial charge in [0.2, 0.25) is 0 Å². The molecule has 0 fully saturated rings. The standard InChI is InChI=1S/C17H15ClFNO/c1-12-10-15(18)4-7-17(12)21-9-8-14(11-20)13-2-5-16(19)6-3-13/h2-7,10,14H,8-9H2,1H3. The molecule has 2 aromatic carbocycles. The van der Waals surface area contributed by atoms with E-state index >= 15 is 0 Å². The predicted octanol–water partition coefficient (Wildman–Crippen LogP) is 4.86. The second-order valence-electron chi connectivity index (χ2n) is 4.78. The molecule has 0 spiro atoms. The Morgan fingerprint density at radius 2 is 1.95 bits per heavy atom. The summed E-state index contributed by atoms with van der Waals surface area (Å²) in [5.41, 5.74) is 1.76. The van der Waals surface area contributed by atoms with Crippen LogP contribution in [0.2, 0.25) is 5.02 Å². The van der Waals surface area contributed by atoms with Crippen LogP contribution in [0.25, 0.3) is 0 Å². The third kappa shape index (κ3) is 4.21. The summed E-state index contributed by atoms with van der Waals surface area (Å²) in [7, 11) is 0. The molecule has 1 unspecified atom stereocenters. The van der Waals surface area contributed by atoms with Crippen molar-refractivity contribution in [2.45, 2.75) is 19.3 Å². The lowest BCUT2D eigenvalue weighted by molar-refractivity contribution is 0.304. The summed E-state index contributed by atoms with van der Waals surface area (Å²) < 4.78 is 18.6. The molecule has 0 saturated carbocycles. The minimum atomic E-state index is -0.307. The molecule has 0 aromatic heterocycles. The minimum absolute atomic E-state index is 0.302. The number of hydrogen-bond acceptors (Lipinski definition) is 2. The molecule has 2 nitrogen and oxygen atoms in total. The fraction of sp³-hybridized carbons (Fsp3) is 0.235. The lowest BCUT2D eigenvalue weighted by Crippen LogP contribution is -2.05. The van der Waals surface area contributed by atoms with Crippen molar-refractivity contribution in [2.24, 2.45) is 0 Å². The van der Waals surface area contributed by atoms with Crippen LogP contribution in [0, 0.1) is 24.1 Å². The van der Waals surface area contributed by atoms with E-state index < -0.39 is 0 Å². The first kappa shape index (κ1) is 15.3. The Hall–Kier alpha value is -2.05. The number of aryl methyl sites for hydroxylation is 1. The second kappa shape index (κ2) is 7.10. The Kier molecular flexibility index (Phi) is 5.19. The molecule has 2 rings (SSSR count). The topological polar surface area (TPSA) is 33.0 Å². The summed E-state index contributed by atoms with van der Waals surface area (Å²) in [5, 5.41) is 9.89. The fourth-order valence-corrected chi connectivity index (χ4v) is 2.29. The van der Waals surface area contributed by atoms with E-state index in [9.17, 15) is 9.65 Å². The summed E-state index contributed by atoms with van der Waals surface area (Å²) in [6.45, 7) is 2.33. The molecule has 0 N–H and O–H groups in total. The maximum atomic E-state index is 12.9. The van der Waals surface area contributed by atoms with Crippen molar-refractivity contribution in [1.29, 1.82) is 5.26 Å². The lowest BCUT2D eigenvalue weighted by atomic mass is 9.98. The molecule has 4 heteroatoms. The number of rotatable bonds is 5. The van der Waals surface area contributed by atoms with Gasteiger partial charge in [-0.2, -0.15) is 5.26 Å². The highest BCUT2D eigenvalue weighted by molar-refractivity contribution is 6.30. The molecule has 0 amide bonds. The first-order valence-electron chi connectivity index (χ1n) is 6.64. The van der Waals surface area contributed by atoms with Crippen LogP contribution in [0.15, 0.2) is 42.5 Å². The third-order valence-corrected chi connectivity index (χ3v) is 3.46. The Morgan fingerprint density at radius 3 is 2.57 bits per heavy atom. The van der Waals surface area contributed by atoms with Crippen molar-refractivity contribution < 1.29 is 9.13 Å². The van der Waals surface area contributed by atoms with Crippen LogP contribution in [0.4, 0.5) is 4.39 Å². The Labute approximate surface area is 128 Å². The van der Waals surface area contributed by atoms with Gasteiger partial charge in [-0.15, -0.1) is 0 Å². The number of nitriles is 1. The normalized spacial score (nSPS) is 11.7. The third-order valence-electron chi connectivity index (χ3n) is 3.23. The number of benzene rings is 2. The second-order valence-corrected chi connectivity index (χ2v) is 5.22. The molecular formula is C17H15ClFNO. The van der Waals surface area contributed by atoms with Gasteiger partial charge in [0, 0.05) is 11.4 Å². The van der Waals surface area contributed by atoms with E-state index in [1.165, 1.54) is 12.1 Å². The van der Waals surface area contributed by atoms with Crippen molar-refractivity contribution in [3.05, 3.63) is 64.4 Å². The smallest absolute Gasteiger partial charge is 0.123 e. The van der Waals surface area contributed by atoms with Crippen LogP contribution in [0.3, 0.4) is 0 Å². The van der Waals surface area contributed by atoms with Crippen LogP contribution >= 0.6 is 11.6 Å². The highest BCUT2D eigenvalue weighted by Gasteiger charge is 2.11. The monoisotopic (exact) mass is 303 g/mol. The van der Waals surface area contributed by atoms with Gasteiger partial charge < -0.3 is 4.74 Å². The van der Waals surface area contributed by atoms with Crippen LogP contribution in [-0.2, 0) is 0 Å². The Morgan fingerprint density at radius 1 is 1.24 bits per heavy atom. The van der Waals surface area contributed by atoms with E-state index in [1.807, 2.05) is 19.1 Å². The molecule has 0 heterocycles. The highest BCUT2D eigenvalue weighted by Crippen LogP contribution is 2.24. The summed E-state index contributed by atoms with van der Waals surface area (Å²) in [6, 6.07) is 13.6. The molecule has 0 aliphatic heterocycles. The molecule has 108 valence electrons. The fourth-order valence-electron chi connectivity index (χ4n) is 2.06. The van der Waals surface area contributed by atoms with Crippen molar-refractivity contribution in [1.82, 2.24) is 0 Å². The number of nitrogens with zero attached hydrogens (tertiary/aromatic N) is 1. The van der Waals surface area contributed by atoms with Crippen molar-refractivity contribution >= 4 is 11.6 Å². The molecule has 2 aromatic rings. The van der Waals surface area contributed by atoms with Crippen molar-refractivity contribution in [3.8, 4) is 11.8 Å². The van der Waals surface area contributed by atoms with E-state index in [1.54, 1.807) is 18.2 Å². The SMILES string of the molecule is Cc1cc(Cl)ccc1OCCC(C#N)c1ccc(F)cc1. The Bertz CT molecular complexity index is 649. The first-order valence-corrected chi connectivity index (χ1v) is 7.02. The van der Waals surface area contributed by atoms with E-state index in [4.69, 9.17) is 16.3 Å². The van der Waals surface area contributed by atoms with E-state index in [0.29, 0.717) is 18.1 Å². The molecule has 0 bridgehead atoms. The quantitative estimate of drug-likeness (QED) is 0.790. The summed E-state index contributed by atoms with van der Waals surface area (Å²) >= 11 is 5.89. The van der Waals surface area contributed by atoms with Gasteiger partial charge in [0.1, 0.15) is 11.6 Å². The van der Waals surface area contributed by atoms with Gasteiger partial charge in [0.25, 0.3) is 0 Å². The molecule has 0 aliphatic carbocycles. The summed E-state index contributed by atoms with van der Waals surface area (Å²) in [6.07, 6.45) is 0.546. The van der Waals surface area contributed by atoms with Gasteiger partial charge in [-0.05, 0) is 48.4 Å². The van der Waals surface area contributed by atoms with E-state index in [-0.39, 0.29) is 11.7 Å². The molecule has 1 atom stereocenters. The molecular weight excluding hydrogens is 289 g/mol. The largest absolute Gasteiger partial charge is 0.493 e. The molecule has 0 aliphatic rings. The van der Waals surface area contributed by atoms with Gasteiger partial charge in [-0.25, -0.2) is 4.39 Å². The van der Waals surface area contributed by atoms with Crippen molar-refractivity contribution in [3.63, 3.8) is 0 Å². The van der Waals surface area contributed by atoms with Crippen LogP contribution in [-0.4, -0.2) is 6.61 Å². The van der Waals surface area contributed by atoms with Gasteiger partial charge in [-0.3, -0.25) is 0 Å². The molecule has 21 heavy (non-hydrogen) atoms. The Balaban J connectivity index is 1.95. The number of hydrogen-bond donors (Lipinski definition) is 0. The average molecular weight is 304 g/mol. The molecule has 0 radical (unpaired) electrons. The summed E-state index contributed by atoms with van der Waals surface area (Å²) in [4.78, 5) is 0. The lowest BCUT2D eigenvalue weighted by Gasteiger charge is -2.12. The van der Waals surface area contributed by atoms with Crippen molar-refractivity contribution in [2.75, 3.05) is 6.61 Å². The number of halogens is 2. The van der Waals surface area contributed by atoms with Gasteiger partial charge >= 0.3 is 0 Å². The average Bonchev–Trinajstić information content (AvgIpc) is 2.47. The predicted molar refractivity (Wildman–Crippen MR) is 81.1 cm³/mol. The zero-order chi connectivity index (χ0) is 15.2. The minimum Gasteiger partial charge on any atom is -0.493 e. The highest BCUT2D eigenvalue weighted by atomic mass is 35.5.